The number of nitriles is 1. The van der Waals surface area contributed by atoms with Crippen LogP contribution in [0.4, 0.5) is 11.5 Å². The highest BCUT2D eigenvalue weighted by Gasteiger charge is 2.11. The number of nitrogens with zero attached hydrogens (tertiary/aromatic N) is 3. The first-order chi connectivity index (χ1) is 8.19. The van der Waals surface area contributed by atoms with Gasteiger partial charge in [-0.2, -0.15) is 5.26 Å². The van der Waals surface area contributed by atoms with Gasteiger partial charge in [-0.1, -0.05) is 19.8 Å². The molecule has 0 aliphatic heterocycles. The molecule has 1 aromatic heterocycles. The number of anilines is 1. The number of nitrogens with one attached hydrogen (secondary N) is 1. The number of aromatic nitrogens is 1. The summed E-state index contributed by atoms with van der Waals surface area (Å²) in [5, 5.41) is 22.4. The minimum Gasteiger partial charge on any atom is -0.369 e. The van der Waals surface area contributed by atoms with E-state index >= 15 is 0 Å². The van der Waals surface area contributed by atoms with Crippen LogP contribution in [0.1, 0.15) is 31.7 Å². The predicted octanol–water partition coefficient (Wildman–Crippen LogP) is 2.46. The fourth-order valence-electron chi connectivity index (χ4n) is 1.36. The van der Waals surface area contributed by atoms with Crippen molar-refractivity contribution in [2.45, 2.75) is 26.2 Å². The molecule has 0 atom stereocenters. The molecule has 0 bridgehead atoms. The largest absolute Gasteiger partial charge is 0.369 e. The van der Waals surface area contributed by atoms with Gasteiger partial charge in [-0.3, -0.25) is 10.1 Å². The lowest BCUT2D eigenvalue weighted by atomic mass is 10.2. The molecule has 1 N–H and O–H groups in total. The lowest BCUT2D eigenvalue weighted by Gasteiger charge is -2.06. The lowest BCUT2D eigenvalue weighted by Crippen LogP contribution is -2.05. The van der Waals surface area contributed by atoms with Gasteiger partial charge in [0.2, 0.25) is 0 Å². The molecule has 6 heteroatoms. The van der Waals surface area contributed by atoms with E-state index in [1.165, 1.54) is 6.07 Å². The Morgan fingerprint density at radius 2 is 2.35 bits per heavy atom. The first-order valence-electron chi connectivity index (χ1n) is 5.47. The first-order valence-corrected chi connectivity index (χ1v) is 5.47. The Morgan fingerprint density at radius 1 is 1.59 bits per heavy atom. The Kier molecular flexibility index (Phi) is 4.88. The van der Waals surface area contributed by atoms with Crippen molar-refractivity contribution in [3.05, 3.63) is 27.9 Å². The van der Waals surface area contributed by atoms with Crippen LogP contribution in [-0.2, 0) is 0 Å². The molecule has 0 aromatic carbocycles. The first kappa shape index (κ1) is 12.9. The number of unbranched alkanes of at least 4 members (excludes halogenated alkanes) is 2. The van der Waals surface area contributed by atoms with Crippen molar-refractivity contribution in [1.29, 1.82) is 5.26 Å². The third kappa shape index (κ3) is 3.72. The summed E-state index contributed by atoms with van der Waals surface area (Å²) >= 11 is 0. The molecule has 17 heavy (non-hydrogen) atoms. The van der Waals surface area contributed by atoms with Gasteiger partial charge in [0.25, 0.3) is 5.69 Å². The standard InChI is InChI=1S/C11H14N4O2/c1-2-3-4-5-13-11-9(7-12)6-10(8-14-11)15(16)17/h6,8H,2-5H2,1H3,(H,13,14). The Hall–Kier alpha value is -2.16. The minimum absolute atomic E-state index is 0.166. The number of rotatable bonds is 6. The fraction of sp³-hybridized carbons (Fsp3) is 0.455. The summed E-state index contributed by atoms with van der Waals surface area (Å²) < 4.78 is 0. The van der Waals surface area contributed by atoms with Gasteiger partial charge in [-0.05, 0) is 6.42 Å². The molecule has 0 fully saturated rings. The van der Waals surface area contributed by atoms with Crippen molar-refractivity contribution in [2.75, 3.05) is 11.9 Å². The number of hydrogen-bond donors (Lipinski definition) is 1. The molecule has 0 radical (unpaired) electrons. The third-order valence-electron chi connectivity index (χ3n) is 2.28. The summed E-state index contributed by atoms with van der Waals surface area (Å²) in [6.07, 6.45) is 4.35. The summed E-state index contributed by atoms with van der Waals surface area (Å²) in [5.74, 6) is 0.411. The molecular formula is C11H14N4O2. The molecule has 0 aliphatic carbocycles. The van der Waals surface area contributed by atoms with Gasteiger partial charge in [-0.15, -0.1) is 0 Å². The van der Waals surface area contributed by atoms with Crippen LogP contribution in [-0.4, -0.2) is 16.5 Å². The molecule has 90 valence electrons. The number of hydrogen-bond acceptors (Lipinski definition) is 5. The molecule has 0 saturated heterocycles. The van der Waals surface area contributed by atoms with Gasteiger partial charge in [-0.25, -0.2) is 4.98 Å². The summed E-state index contributed by atoms with van der Waals surface area (Å²) in [6.45, 7) is 2.82. The van der Waals surface area contributed by atoms with Crippen LogP contribution < -0.4 is 5.32 Å². The Balaban J connectivity index is 2.73. The maximum absolute atomic E-state index is 10.5. The molecular weight excluding hydrogens is 220 g/mol. The van der Waals surface area contributed by atoms with Gasteiger partial charge in [0.05, 0.1) is 4.92 Å². The minimum atomic E-state index is -0.561. The van der Waals surface area contributed by atoms with E-state index in [1.807, 2.05) is 6.07 Å². The second-order valence-electron chi connectivity index (χ2n) is 3.59. The molecule has 1 aromatic rings. The average Bonchev–Trinajstić information content (AvgIpc) is 2.34. The summed E-state index contributed by atoms with van der Waals surface area (Å²) in [4.78, 5) is 13.8. The van der Waals surface area contributed by atoms with E-state index in [2.05, 4.69) is 17.2 Å². The Labute approximate surface area is 99.4 Å². The van der Waals surface area contributed by atoms with Gasteiger partial charge < -0.3 is 5.32 Å². The Morgan fingerprint density at radius 3 is 2.94 bits per heavy atom. The zero-order chi connectivity index (χ0) is 12.7. The zero-order valence-electron chi connectivity index (χ0n) is 9.64. The molecule has 1 rings (SSSR count). The highest BCUT2D eigenvalue weighted by molar-refractivity contribution is 5.55. The topological polar surface area (TPSA) is 91.8 Å². The van der Waals surface area contributed by atoms with Crippen molar-refractivity contribution in [3.8, 4) is 6.07 Å². The molecule has 0 spiro atoms. The fourth-order valence-corrected chi connectivity index (χ4v) is 1.36. The summed E-state index contributed by atoms with van der Waals surface area (Å²) in [5.41, 5.74) is 0.0383. The predicted molar refractivity (Wildman–Crippen MR) is 63.6 cm³/mol. The zero-order valence-corrected chi connectivity index (χ0v) is 9.64. The van der Waals surface area contributed by atoms with Crippen LogP contribution in [0.3, 0.4) is 0 Å². The van der Waals surface area contributed by atoms with Crippen LogP contribution in [0.5, 0.6) is 0 Å². The third-order valence-corrected chi connectivity index (χ3v) is 2.28. The van der Waals surface area contributed by atoms with Crippen molar-refractivity contribution in [1.82, 2.24) is 4.98 Å². The van der Waals surface area contributed by atoms with Gasteiger partial charge >= 0.3 is 0 Å². The van der Waals surface area contributed by atoms with E-state index in [4.69, 9.17) is 5.26 Å². The van der Waals surface area contributed by atoms with Crippen LogP contribution in [0, 0.1) is 21.4 Å². The molecule has 1 heterocycles. The van der Waals surface area contributed by atoms with E-state index in [1.54, 1.807) is 0 Å². The molecule has 0 saturated carbocycles. The van der Waals surface area contributed by atoms with Gasteiger partial charge in [0.1, 0.15) is 23.6 Å². The van der Waals surface area contributed by atoms with Crippen molar-refractivity contribution in [2.24, 2.45) is 0 Å². The Bertz CT molecular complexity index is 440. The summed E-state index contributed by atoms with van der Waals surface area (Å²) in [6, 6.07) is 3.13. The van der Waals surface area contributed by atoms with E-state index in [0.29, 0.717) is 12.4 Å². The van der Waals surface area contributed by atoms with Crippen molar-refractivity contribution < 1.29 is 4.92 Å². The molecule has 0 unspecified atom stereocenters. The molecule has 0 aliphatic rings. The summed E-state index contributed by atoms with van der Waals surface area (Å²) in [7, 11) is 0. The highest BCUT2D eigenvalue weighted by atomic mass is 16.6. The van der Waals surface area contributed by atoms with Crippen LogP contribution in [0.25, 0.3) is 0 Å². The van der Waals surface area contributed by atoms with Crippen LogP contribution >= 0.6 is 0 Å². The van der Waals surface area contributed by atoms with E-state index < -0.39 is 4.92 Å². The van der Waals surface area contributed by atoms with Crippen LogP contribution in [0.2, 0.25) is 0 Å². The van der Waals surface area contributed by atoms with E-state index in [9.17, 15) is 10.1 Å². The second kappa shape index (κ2) is 6.43. The number of pyridine rings is 1. The molecule has 6 nitrogen and oxygen atoms in total. The lowest BCUT2D eigenvalue weighted by molar-refractivity contribution is -0.385. The van der Waals surface area contributed by atoms with Crippen LogP contribution in [0.15, 0.2) is 12.3 Å². The maximum Gasteiger partial charge on any atom is 0.289 e. The monoisotopic (exact) mass is 234 g/mol. The maximum atomic E-state index is 10.5. The van der Waals surface area contributed by atoms with Crippen molar-refractivity contribution in [3.63, 3.8) is 0 Å². The average molecular weight is 234 g/mol. The van der Waals surface area contributed by atoms with E-state index in [0.717, 1.165) is 25.5 Å². The second-order valence-corrected chi connectivity index (χ2v) is 3.59. The number of nitro groups is 1. The molecule has 0 amide bonds. The van der Waals surface area contributed by atoms with Crippen molar-refractivity contribution >= 4 is 11.5 Å². The van der Waals surface area contributed by atoms with Gasteiger partial charge in [0, 0.05) is 12.6 Å². The quantitative estimate of drug-likeness (QED) is 0.463. The normalized spacial score (nSPS) is 9.65. The van der Waals surface area contributed by atoms with Gasteiger partial charge in [0.15, 0.2) is 0 Å². The van der Waals surface area contributed by atoms with E-state index in [-0.39, 0.29) is 11.3 Å². The highest BCUT2D eigenvalue weighted by Crippen LogP contribution is 2.18. The smallest absolute Gasteiger partial charge is 0.289 e. The SMILES string of the molecule is CCCCCNc1ncc([N+](=O)[O-])cc1C#N.